The summed E-state index contributed by atoms with van der Waals surface area (Å²) in [7, 11) is 0. The minimum atomic E-state index is -0.904. The van der Waals surface area contributed by atoms with Crippen molar-refractivity contribution in [3.05, 3.63) is 75.5 Å². The Hall–Kier alpha value is -2.07. The molecule has 0 saturated heterocycles. The Morgan fingerprint density at radius 1 is 1.10 bits per heavy atom. The number of ether oxygens (including phenoxy) is 1. The number of halogens is 1. The number of carbonyl (C=O) groups excluding carboxylic acids is 1. The summed E-state index contributed by atoms with van der Waals surface area (Å²) in [5, 5.41) is 2.98. The molecule has 0 fully saturated rings. The lowest BCUT2D eigenvalue weighted by atomic mass is 9.89. The monoisotopic (exact) mass is 327 g/mol. The van der Waals surface area contributed by atoms with Gasteiger partial charge in [-0.25, -0.2) is 0 Å². The van der Waals surface area contributed by atoms with E-state index in [4.69, 9.17) is 4.74 Å². The van der Waals surface area contributed by atoms with E-state index in [1.165, 1.54) is 0 Å². The molecule has 2 heterocycles. The highest BCUT2D eigenvalue weighted by molar-refractivity contribution is 9.10. The van der Waals surface area contributed by atoms with Crippen LogP contribution in [0.15, 0.2) is 53.2 Å². The largest absolute Gasteiger partial charge is 0.467 e. The van der Waals surface area contributed by atoms with Crippen LogP contribution in [0, 0.1) is 0 Å². The van der Waals surface area contributed by atoms with E-state index in [1.807, 2.05) is 48.5 Å². The van der Waals surface area contributed by atoms with Crippen LogP contribution in [0.25, 0.3) is 6.08 Å². The first-order valence-corrected chi connectivity index (χ1v) is 7.06. The Labute approximate surface area is 124 Å². The van der Waals surface area contributed by atoms with E-state index in [2.05, 4.69) is 21.2 Å². The molecule has 2 aliphatic heterocycles. The summed E-state index contributed by atoms with van der Waals surface area (Å²) < 4.78 is 6.86. The molecule has 1 amide bonds. The average Bonchev–Trinajstić information content (AvgIpc) is 2.73. The van der Waals surface area contributed by atoms with Gasteiger partial charge in [-0.15, -0.1) is 0 Å². The van der Waals surface area contributed by atoms with Crippen LogP contribution >= 0.6 is 15.9 Å². The van der Waals surface area contributed by atoms with Crippen LogP contribution in [-0.4, -0.2) is 5.91 Å². The highest BCUT2D eigenvalue weighted by Gasteiger charge is 2.47. The average molecular weight is 328 g/mol. The molecule has 98 valence electrons. The predicted molar refractivity (Wildman–Crippen MR) is 78.9 cm³/mol. The number of carbonyl (C=O) groups is 1. The molecule has 1 unspecified atom stereocenters. The maximum absolute atomic E-state index is 12.2. The van der Waals surface area contributed by atoms with Gasteiger partial charge in [0.25, 0.3) is 5.91 Å². The first kappa shape index (κ1) is 11.7. The molecule has 1 atom stereocenters. The van der Waals surface area contributed by atoms with Crippen molar-refractivity contribution >= 4 is 27.9 Å². The van der Waals surface area contributed by atoms with Crippen LogP contribution in [0.2, 0.25) is 0 Å². The van der Waals surface area contributed by atoms with Gasteiger partial charge in [0.1, 0.15) is 0 Å². The van der Waals surface area contributed by atoms with E-state index >= 15 is 0 Å². The highest BCUT2D eigenvalue weighted by atomic mass is 79.9. The number of nitrogens with one attached hydrogen (secondary N) is 1. The lowest BCUT2D eigenvalue weighted by Crippen LogP contribution is -2.43. The summed E-state index contributed by atoms with van der Waals surface area (Å²) in [6.45, 7) is 0. The summed E-state index contributed by atoms with van der Waals surface area (Å²) >= 11 is 3.47. The second-order valence-corrected chi connectivity index (χ2v) is 5.75. The standard InChI is InChI=1S/C16H10BrNO2/c17-11-5-6-13-10(9-11)7-8-20-16(13)14-4-2-1-3-12(14)15(19)18-16/h1-9H,(H,18,19). The number of fused-ring (bicyclic) bond motifs is 4. The topological polar surface area (TPSA) is 38.3 Å². The Morgan fingerprint density at radius 3 is 2.85 bits per heavy atom. The van der Waals surface area contributed by atoms with Crippen molar-refractivity contribution in [3.63, 3.8) is 0 Å². The van der Waals surface area contributed by atoms with Crippen molar-refractivity contribution in [3.8, 4) is 0 Å². The molecule has 3 nitrogen and oxygen atoms in total. The van der Waals surface area contributed by atoms with Crippen molar-refractivity contribution in [2.24, 2.45) is 0 Å². The van der Waals surface area contributed by atoms with E-state index in [9.17, 15) is 4.79 Å². The van der Waals surface area contributed by atoms with Crippen LogP contribution in [0.5, 0.6) is 0 Å². The van der Waals surface area contributed by atoms with E-state index in [-0.39, 0.29) is 5.91 Å². The molecule has 20 heavy (non-hydrogen) atoms. The Morgan fingerprint density at radius 2 is 1.95 bits per heavy atom. The number of hydrogen-bond donors (Lipinski definition) is 1. The molecular weight excluding hydrogens is 318 g/mol. The van der Waals surface area contributed by atoms with Gasteiger partial charge in [-0.05, 0) is 29.8 Å². The minimum absolute atomic E-state index is 0.107. The third-order valence-corrected chi connectivity index (χ3v) is 4.22. The molecule has 2 aromatic rings. The zero-order valence-electron chi connectivity index (χ0n) is 10.4. The predicted octanol–water partition coefficient (Wildman–Crippen LogP) is 3.39. The van der Waals surface area contributed by atoms with Crippen LogP contribution < -0.4 is 5.32 Å². The molecule has 1 N–H and O–H groups in total. The second kappa shape index (κ2) is 3.96. The van der Waals surface area contributed by atoms with Gasteiger partial charge in [-0.3, -0.25) is 4.79 Å². The van der Waals surface area contributed by atoms with Gasteiger partial charge >= 0.3 is 0 Å². The Balaban J connectivity index is 2.01. The smallest absolute Gasteiger partial charge is 0.255 e. The zero-order chi connectivity index (χ0) is 13.7. The summed E-state index contributed by atoms with van der Waals surface area (Å²) in [5.41, 5.74) is 2.59. The zero-order valence-corrected chi connectivity index (χ0v) is 12.0. The lowest BCUT2D eigenvalue weighted by Gasteiger charge is -2.33. The number of hydrogen-bond acceptors (Lipinski definition) is 2. The lowest BCUT2D eigenvalue weighted by molar-refractivity contribution is 0.0306. The van der Waals surface area contributed by atoms with Crippen molar-refractivity contribution in [1.82, 2.24) is 5.32 Å². The van der Waals surface area contributed by atoms with Crippen molar-refractivity contribution in [2.45, 2.75) is 5.72 Å². The van der Waals surface area contributed by atoms with E-state index in [1.54, 1.807) is 6.26 Å². The van der Waals surface area contributed by atoms with Crippen molar-refractivity contribution < 1.29 is 9.53 Å². The molecule has 0 radical (unpaired) electrons. The Kier molecular flexibility index (Phi) is 2.32. The molecule has 4 heteroatoms. The SMILES string of the molecule is O=C1NC2(OC=Cc3cc(Br)ccc32)c2ccccc21. The number of amides is 1. The summed E-state index contributed by atoms with van der Waals surface area (Å²) in [5.74, 6) is -0.107. The minimum Gasteiger partial charge on any atom is -0.467 e. The Bertz CT molecular complexity index is 769. The highest BCUT2D eigenvalue weighted by Crippen LogP contribution is 2.42. The van der Waals surface area contributed by atoms with Crippen molar-refractivity contribution in [2.75, 3.05) is 0 Å². The molecule has 0 aliphatic carbocycles. The van der Waals surface area contributed by atoms with E-state index < -0.39 is 5.72 Å². The molecule has 2 aromatic carbocycles. The van der Waals surface area contributed by atoms with Gasteiger partial charge in [-0.1, -0.05) is 40.2 Å². The maximum atomic E-state index is 12.2. The fourth-order valence-electron chi connectivity index (χ4n) is 2.85. The molecule has 0 aromatic heterocycles. The van der Waals surface area contributed by atoms with Gasteiger partial charge < -0.3 is 10.1 Å². The maximum Gasteiger partial charge on any atom is 0.255 e. The van der Waals surface area contributed by atoms with Crippen LogP contribution in [0.4, 0.5) is 0 Å². The van der Waals surface area contributed by atoms with Crippen LogP contribution in [0.3, 0.4) is 0 Å². The van der Waals surface area contributed by atoms with E-state index in [0.29, 0.717) is 5.56 Å². The van der Waals surface area contributed by atoms with E-state index in [0.717, 1.165) is 21.2 Å². The van der Waals surface area contributed by atoms with Gasteiger partial charge in [0.15, 0.2) is 0 Å². The summed E-state index contributed by atoms with van der Waals surface area (Å²) in [6.07, 6.45) is 3.54. The van der Waals surface area contributed by atoms with Gasteiger partial charge in [0.2, 0.25) is 5.72 Å². The van der Waals surface area contributed by atoms with Gasteiger partial charge in [0, 0.05) is 21.2 Å². The third-order valence-electron chi connectivity index (χ3n) is 3.73. The quantitative estimate of drug-likeness (QED) is 0.805. The molecule has 1 spiro atoms. The fourth-order valence-corrected chi connectivity index (χ4v) is 3.23. The van der Waals surface area contributed by atoms with Crippen LogP contribution in [-0.2, 0) is 10.5 Å². The number of benzene rings is 2. The molecule has 0 saturated carbocycles. The summed E-state index contributed by atoms with van der Waals surface area (Å²) in [6, 6.07) is 13.5. The molecule has 4 rings (SSSR count). The molecule has 0 bridgehead atoms. The summed E-state index contributed by atoms with van der Waals surface area (Å²) in [4.78, 5) is 12.2. The second-order valence-electron chi connectivity index (χ2n) is 4.83. The third kappa shape index (κ3) is 1.42. The van der Waals surface area contributed by atoms with Crippen molar-refractivity contribution in [1.29, 1.82) is 0 Å². The fraction of sp³-hybridized carbons (Fsp3) is 0.0625. The van der Waals surface area contributed by atoms with Crippen LogP contribution in [0.1, 0.15) is 27.0 Å². The van der Waals surface area contributed by atoms with Gasteiger partial charge in [-0.2, -0.15) is 0 Å². The molecular formula is C16H10BrNO2. The normalized spacial score (nSPS) is 22.1. The number of rotatable bonds is 0. The van der Waals surface area contributed by atoms with Gasteiger partial charge in [0.05, 0.1) is 6.26 Å². The first-order chi connectivity index (χ1) is 9.71. The first-order valence-electron chi connectivity index (χ1n) is 6.27. The molecule has 2 aliphatic rings.